The predicted molar refractivity (Wildman–Crippen MR) is 107 cm³/mol. The van der Waals surface area contributed by atoms with Gasteiger partial charge in [-0.2, -0.15) is 11.8 Å². The minimum Gasteiger partial charge on any atom is -0.458 e. The number of carbonyl (C=O) groups is 2. The molecule has 0 N–H and O–H groups in total. The fourth-order valence-corrected chi connectivity index (χ4v) is 8.96. The number of hydrogen-bond donors (Lipinski definition) is 0. The highest BCUT2D eigenvalue weighted by molar-refractivity contribution is 7.99. The summed E-state index contributed by atoms with van der Waals surface area (Å²) in [5.41, 5.74) is 1.56. The number of hydrogen-bond acceptors (Lipinski definition) is 4. The molecule has 4 aliphatic carbocycles. The molecule has 5 rings (SSSR count). The van der Waals surface area contributed by atoms with Crippen LogP contribution in [0.3, 0.4) is 0 Å². The van der Waals surface area contributed by atoms with Crippen molar-refractivity contribution < 1.29 is 14.3 Å². The molecule has 1 heterocycles. The van der Waals surface area contributed by atoms with Gasteiger partial charge in [0.25, 0.3) is 0 Å². The fourth-order valence-electron chi connectivity index (χ4n) is 7.96. The number of fused-ring (bicyclic) bond motifs is 6. The molecule has 148 valence electrons. The van der Waals surface area contributed by atoms with Gasteiger partial charge in [-0.05, 0) is 67.9 Å². The maximum absolute atomic E-state index is 12.2. The third-order valence-electron chi connectivity index (χ3n) is 9.54. The van der Waals surface area contributed by atoms with Gasteiger partial charge in [0.1, 0.15) is 11.4 Å². The molecule has 6 unspecified atom stereocenters. The molecule has 27 heavy (non-hydrogen) atoms. The summed E-state index contributed by atoms with van der Waals surface area (Å²) < 4.78 is 6.07. The third-order valence-corrected chi connectivity index (χ3v) is 10.5. The zero-order chi connectivity index (χ0) is 19.0. The largest absolute Gasteiger partial charge is 0.458 e. The van der Waals surface area contributed by atoms with Crippen molar-refractivity contribution in [2.45, 2.75) is 82.5 Å². The molecule has 1 aliphatic heterocycles. The fraction of sp³-hybridized carbons (Fsp3) is 0.826. The van der Waals surface area contributed by atoms with Gasteiger partial charge in [0.2, 0.25) is 0 Å². The van der Waals surface area contributed by atoms with Crippen molar-refractivity contribution in [3.63, 3.8) is 0 Å². The second-order valence-electron chi connectivity index (χ2n) is 10.3. The van der Waals surface area contributed by atoms with Gasteiger partial charge in [0.15, 0.2) is 0 Å². The van der Waals surface area contributed by atoms with Gasteiger partial charge in [0, 0.05) is 29.9 Å². The van der Waals surface area contributed by atoms with Crippen molar-refractivity contribution in [2.75, 3.05) is 6.26 Å². The smallest absolute Gasteiger partial charge is 0.306 e. The van der Waals surface area contributed by atoms with E-state index >= 15 is 0 Å². The van der Waals surface area contributed by atoms with Crippen molar-refractivity contribution in [1.29, 1.82) is 0 Å². The van der Waals surface area contributed by atoms with Crippen LogP contribution in [0.1, 0.15) is 71.6 Å². The first-order chi connectivity index (χ1) is 12.8. The van der Waals surface area contributed by atoms with Crippen LogP contribution in [0.2, 0.25) is 0 Å². The van der Waals surface area contributed by atoms with Gasteiger partial charge in [-0.3, -0.25) is 9.59 Å². The molecule has 3 nitrogen and oxygen atoms in total. The maximum Gasteiger partial charge on any atom is 0.306 e. The Morgan fingerprint density at radius 3 is 2.52 bits per heavy atom. The standard InChI is InChI=1S/C23H32O3S/c1-21-8-4-15(24)12-14(21)13-18(27-3)20-16(21)5-9-22(2)17(20)6-10-23(22)11-7-19(25)26-23/h13,16-18,20H,4-12H2,1-3H3/t16?,17?,18-,20?,21?,22?,23?/m1/s1. The van der Waals surface area contributed by atoms with Gasteiger partial charge < -0.3 is 4.74 Å². The minimum absolute atomic E-state index is 0.0176. The van der Waals surface area contributed by atoms with Crippen LogP contribution >= 0.6 is 11.8 Å². The predicted octanol–water partition coefficient (Wildman–Crippen LogP) is 4.94. The van der Waals surface area contributed by atoms with Gasteiger partial charge in [-0.25, -0.2) is 0 Å². The second kappa shape index (κ2) is 5.87. The molecule has 0 aromatic heterocycles. The Morgan fingerprint density at radius 1 is 1.04 bits per heavy atom. The summed E-state index contributed by atoms with van der Waals surface area (Å²) in [7, 11) is 0. The van der Waals surface area contributed by atoms with E-state index in [0.29, 0.717) is 41.6 Å². The van der Waals surface area contributed by atoms with Crippen molar-refractivity contribution in [3.05, 3.63) is 11.6 Å². The van der Waals surface area contributed by atoms with Crippen LogP contribution in [-0.4, -0.2) is 28.9 Å². The Bertz CT molecular complexity index is 729. The van der Waals surface area contributed by atoms with Crippen LogP contribution in [0.5, 0.6) is 0 Å². The quantitative estimate of drug-likeness (QED) is 0.472. The number of rotatable bonds is 1. The molecule has 4 heteroatoms. The number of thioether (sulfide) groups is 1. The Hall–Kier alpha value is -0.770. The summed E-state index contributed by atoms with van der Waals surface area (Å²) in [6, 6.07) is 0. The van der Waals surface area contributed by atoms with Gasteiger partial charge in [-0.15, -0.1) is 0 Å². The van der Waals surface area contributed by atoms with Crippen LogP contribution < -0.4 is 0 Å². The molecule has 1 saturated heterocycles. The zero-order valence-corrected chi connectivity index (χ0v) is 17.7. The topological polar surface area (TPSA) is 43.4 Å². The van der Waals surface area contributed by atoms with E-state index in [1.165, 1.54) is 24.8 Å². The average molecular weight is 389 g/mol. The van der Waals surface area contributed by atoms with E-state index in [1.807, 2.05) is 11.8 Å². The van der Waals surface area contributed by atoms with Crippen molar-refractivity contribution in [2.24, 2.45) is 28.6 Å². The van der Waals surface area contributed by atoms with Crippen LogP contribution in [-0.2, 0) is 14.3 Å². The van der Waals surface area contributed by atoms with Crippen LogP contribution in [0.4, 0.5) is 0 Å². The molecule has 0 aromatic rings. The van der Waals surface area contributed by atoms with Crippen molar-refractivity contribution in [3.8, 4) is 0 Å². The van der Waals surface area contributed by atoms with E-state index in [2.05, 4.69) is 26.2 Å². The Kier molecular flexibility index (Phi) is 3.97. The summed E-state index contributed by atoms with van der Waals surface area (Å²) in [4.78, 5) is 24.2. The third kappa shape index (κ3) is 2.28. The first-order valence-electron chi connectivity index (χ1n) is 10.8. The number of carbonyl (C=O) groups excluding carboxylic acids is 2. The Balaban J connectivity index is 1.55. The Labute approximate surface area is 167 Å². The molecule has 0 bridgehead atoms. The SMILES string of the molecule is CS[C@@H]1C=C2CC(=O)CCC2(C)C2CCC3(C)C(CCC34CCC(=O)O4)C21. The van der Waals surface area contributed by atoms with E-state index < -0.39 is 0 Å². The first-order valence-corrected chi connectivity index (χ1v) is 12.1. The summed E-state index contributed by atoms with van der Waals surface area (Å²) in [5, 5.41) is 0.501. The molecule has 1 spiro atoms. The Morgan fingerprint density at radius 2 is 1.81 bits per heavy atom. The van der Waals surface area contributed by atoms with E-state index in [9.17, 15) is 9.59 Å². The molecule has 3 saturated carbocycles. The molecule has 7 atom stereocenters. The molecule has 0 amide bonds. The molecule has 0 radical (unpaired) electrons. The van der Waals surface area contributed by atoms with E-state index in [1.54, 1.807) is 0 Å². The summed E-state index contributed by atoms with van der Waals surface area (Å²) >= 11 is 1.97. The van der Waals surface area contributed by atoms with Crippen LogP contribution in [0.15, 0.2) is 11.6 Å². The highest BCUT2D eigenvalue weighted by Crippen LogP contribution is 2.70. The van der Waals surface area contributed by atoms with E-state index in [4.69, 9.17) is 4.74 Å². The van der Waals surface area contributed by atoms with E-state index in [0.717, 1.165) is 25.7 Å². The minimum atomic E-state index is -0.198. The van der Waals surface area contributed by atoms with Crippen LogP contribution in [0, 0.1) is 28.6 Å². The number of ether oxygens (including phenoxy) is 1. The lowest BCUT2D eigenvalue weighted by atomic mass is 9.46. The number of allylic oxidation sites excluding steroid dienone is 1. The molecule has 5 aliphatic rings. The number of esters is 1. The molecule has 0 aromatic carbocycles. The maximum atomic E-state index is 12.2. The van der Waals surface area contributed by atoms with Crippen molar-refractivity contribution >= 4 is 23.5 Å². The van der Waals surface area contributed by atoms with E-state index in [-0.39, 0.29) is 22.4 Å². The van der Waals surface area contributed by atoms with Gasteiger partial charge in [-0.1, -0.05) is 25.5 Å². The van der Waals surface area contributed by atoms with Gasteiger partial charge in [0.05, 0.1) is 0 Å². The first kappa shape index (κ1) is 18.3. The van der Waals surface area contributed by atoms with Crippen LogP contribution in [0.25, 0.3) is 0 Å². The number of Topliss-reactive ketones (excluding diaryl/α,β-unsaturated/α-hetero) is 1. The highest BCUT2D eigenvalue weighted by atomic mass is 32.2. The molecular weight excluding hydrogens is 356 g/mol. The van der Waals surface area contributed by atoms with Gasteiger partial charge >= 0.3 is 5.97 Å². The average Bonchev–Trinajstić information content (AvgIpc) is 3.16. The monoisotopic (exact) mass is 388 g/mol. The summed E-state index contributed by atoms with van der Waals surface area (Å²) in [6.07, 6.45) is 13.3. The second-order valence-corrected chi connectivity index (χ2v) is 11.3. The summed E-state index contributed by atoms with van der Waals surface area (Å²) in [5.74, 6) is 2.40. The normalized spacial score (nSPS) is 51.4. The lowest BCUT2D eigenvalue weighted by Crippen LogP contribution is -2.57. The van der Waals surface area contributed by atoms with Crippen molar-refractivity contribution in [1.82, 2.24) is 0 Å². The molecular formula is C23H32O3S. The molecule has 4 fully saturated rings. The lowest BCUT2D eigenvalue weighted by Gasteiger charge is -2.60. The zero-order valence-electron chi connectivity index (χ0n) is 16.9. The number of ketones is 1. The highest BCUT2D eigenvalue weighted by Gasteiger charge is 2.67. The lowest BCUT2D eigenvalue weighted by molar-refractivity contribution is -0.166. The summed E-state index contributed by atoms with van der Waals surface area (Å²) in [6.45, 7) is 4.88.